The van der Waals surface area contributed by atoms with Crippen molar-refractivity contribution in [1.29, 1.82) is 0 Å². The number of anilines is 1. The molecule has 0 unspecified atom stereocenters. The Balaban J connectivity index is 1.49. The first-order chi connectivity index (χ1) is 12.8. The molecule has 2 heterocycles. The van der Waals surface area contributed by atoms with Crippen LogP contribution in [0.3, 0.4) is 0 Å². The van der Waals surface area contributed by atoms with E-state index >= 15 is 0 Å². The summed E-state index contributed by atoms with van der Waals surface area (Å²) in [4.78, 5) is 19.2. The highest BCUT2D eigenvalue weighted by molar-refractivity contribution is 5.91. The summed E-state index contributed by atoms with van der Waals surface area (Å²) in [7, 11) is 0. The van der Waals surface area contributed by atoms with Crippen LogP contribution in [0.5, 0.6) is 0 Å². The fourth-order valence-corrected chi connectivity index (χ4v) is 3.55. The Hall–Kier alpha value is -2.20. The van der Waals surface area contributed by atoms with Gasteiger partial charge in [-0.1, -0.05) is 45.0 Å². The second-order valence-electron chi connectivity index (χ2n) is 8.71. The molecule has 0 bridgehead atoms. The normalized spacial score (nSPS) is 16.3. The maximum atomic E-state index is 12.5. The molecule has 1 fully saturated rings. The number of nitrogens with one attached hydrogen (secondary N) is 1. The van der Waals surface area contributed by atoms with E-state index in [9.17, 15) is 4.79 Å². The highest BCUT2D eigenvalue weighted by atomic mass is 16.1. The lowest BCUT2D eigenvalue weighted by Crippen LogP contribution is -2.37. The summed E-state index contributed by atoms with van der Waals surface area (Å²) >= 11 is 0. The molecule has 2 aromatic rings. The van der Waals surface area contributed by atoms with Gasteiger partial charge in [0.1, 0.15) is 5.82 Å². The molecular weight excluding hydrogens is 334 g/mol. The first-order valence-corrected chi connectivity index (χ1v) is 9.86. The molecule has 4 nitrogen and oxygen atoms in total. The molecule has 3 rings (SSSR count). The zero-order chi connectivity index (χ0) is 19.4. The topological polar surface area (TPSA) is 45.2 Å². The summed E-state index contributed by atoms with van der Waals surface area (Å²) in [5.74, 6) is 0.829. The predicted octanol–water partition coefficient (Wildman–Crippen LogP) is 4.54. The van der Waals surface area contributed by atoms with Crippen LogP contribution >= 0.6 is 0 Å². The molecule has 1 saturated heterocycles. The van der Waals surface area contributed by atoms with Gasteiger partial charge in [0.15, 0.2) is 0 Å². The second-order valence-corrected chi connectivity index (χ2v) is 8.71. The molecular formula is C23H31N3O. The number of aromatic nitrogens is 1. The molecule has 0 spiro atoms. The smallest absolute Gasteiger partial charge is 0.228 e. The van der Waals surface area contributed by atoms with Crippen LogP contribution in [0.2, 0.25) is 0 Å². The van der Waals surface area contributed by atoms with Gasteiger partial charge in [-0.05, 0) is 67.1 Å². The lowest BCUT2D eigenvalue weighted by Gasteiger charge is -2.31. The van der Waals surface area contributed by atoms with Crippen LogP contribution in [0.4, 0.5) is 5.82 Å². The van der Waals surface area contributed by atoms with E-state index in [1.54, 1.807) is 6.20 Å². The number of nitrogens with zero attached hydrogens (tertiary/aromatic N) is 2. The molecule has 0 saturated carbocycles. The van der Waals surface area contributed by atoms with Crippen molar-refractivity contribution in [3.05, 3.63) is 59.3 Å². The van der Waals surface area contributed by atoms with Gasteiger partial charge < -0.3 is 5.32 Å². The molecule has 1 aromatic carbocycles. The second kappa shape index (κ2) is 8.22. The minimum atomic E-state index is 0.0758. The van der Waals surface area contributed by atoms with Crippen molar-refractivity contribution in [2.24, 2.45) is 5.92 Å². The molecule has 27 heavy (non-hydrogen) atoms. The summed E-state index contributed by atoms with van der Waals surface area (Å²) in [6, 6.07) is 12.8. The van der Waals surface area contributed by atoms with Crippen molar-refractivity contribution in [2.75, 3.05) is 18.4 Å². The first kappa shape index (κ1) is 19.6. The third-order valence-corrected chi connectivity index (χ3v) is 5.35. The third-order valence-electron chi connectivity index (χ3n) is 5.35. The molecule has 1 N–H and O–H groups in total. The van der Waals surface area contributed by atoms with Crippen LogP contribution < -0.4 is 5.32 Å². The van der Waals surface area contributed by atoms with Gasteiger partial charge in [-0.25, -0.2) is 4.98 Å². The van der Waals surface area contributed by atoms with Crippen LogP contribution in [0.25, 0.3) is 0 Å². The highest BCUT2D eigenvalue weighted by Crippen LogP contribution is 2.24. The molecule has 1 aliphatic heterocycles. The SMILES string of the molecule is Cc1ccnc(NC(=O)C2CCN(Cc3ccc(C(C)(C)C)cc3)CC2)c1. The fraction of sp³-hybridized carbons (Fsp3) is 0.478. The van der Waals surface area contributed by atoms with Crippen molar-refractivity contribution in [3.8, 4) is 0 Å². The molecule has 1 aliphatic rings. The number of rotatable bonds is 4. The minimum Gasteiger partial charge on any atom is -0.310 e. The maximum absolute atomic E-state index is 12.5. The monoisotopic (exact) mass is 365 g/mol. The molecule has 0 aliphatic carbocycles. The Morgan fingerprint density at radius 3 is 2.41 bits per heavy atom. The van der Waals surface area contributed by atoms with Crippen LogP contribution in [0, 0.1) is 12.8 Å². The van der Waals surface area contributed by atoms with E-state index in [4.69, 9.17) is 0 Å². The Morgan fingerprint density at radius 1 is 1.15 bits per heavy atom. The van der Waals surface area contributed by atoms with E-state index in [0.717, 1.165) is 38.0 Å². The van der Waals surface area contributed by atoms with Gasteiger partial charge in [-0.2, -0.15) is 0 Å². The number of aryl methyl sites for hydroxylation is 1. The first-order valence-electron chi connectivity index (χ1n) is 9.86. The lowest BCUT2D eigenvalue weighted by atomic mass is 9.86. The number of amides is 1. The van der Waals surface area contributed by atoms with Crippen LogP contribution in [-0.4, -0.2) is 28.9 Å². The summed E-state index contributed by atoms with van der Waals surface area (Å²) in [5, 5.41) is 2.97. The summed E-state index contributed by atoms with van der Waals surface area (Å²) in [6.07, 6.45) is 3.54. The zero-order valence-corrected chi connectivity index (χ0v) is 17.0. The molecule has 4 heteroatoms. The summed E-state index contributed by atoms with van der Waals surface area (Å²) in [5.41, 5.74) is 4.00. The van der Waals surface area contributed by atoms with Crippen molar-refractivity contribution < 1.29 is 4.79 Å². The molecule has 144 valence electrons. The zero-order valence-electron chi connectivity index (χ0n) is 17.0. The number of pyridine rings is 1. The van der Waals surface area contributed by atoms with Crippen molar-refractivity contribution in [2.45, 2.75) is 52.5 Å². The summed E-state index contributed by atoms with van der Waals surface area (Å²) in [6.45, 7) is 11.6. The average molecular weight is 366 g/mol. The maximum Gasteiger partial charge on any atom is 0.228 e. The third kappa shape index (κ3) is 5.39. The van der Waals surface area contributed by atoms with Crippen molar-refractivity contribution in [3.63, 3.8) is 0 Å². The molecule has 0 atom stereocenters. The standard InChI is InChI=1S/C23H31N3O/c1-17-9-12-24-21(15-17)25-22(27)19-10-13-26(14-11-19)16-18-5-7-20(8-6-18)23(2,3)4/h5-9,12,15,19H,10-11,13-14,16H2,1-4H3,(H,24,25,27). The molecule has 0 radical (unpaired) electrons. The number of piperidine rings is 1. The Bertz CT molecular complexity index is 769. The van der Waals surface area contributed by atoms with E-state index in [2.05, 4.69) is 60.2 Å². The van der Waals surface area contributed by atoms with E-state index in [0.29, 0.717) is 5.82 Å². The number of carbonyl (C=O) groups excluding carboxylic acids is 1. The van der Waals surface area contributed by atoms with Crippen molar-refractivity contribution >= 4 is 11.7 Å². The largest absolute Gasteiger partial charge is 0.310 e. The number of carbonyl (C=O) groups is 1. The van der Waals surface area contributed by atoms with E-state index in [1.807, 2.05) is 19.1 Å². The van der Waals surface area contributed by atoms with Gasteiger partial charge in [0.2, 0.25) is 5.91 Å². The van der Waals surface area contributed by atoms with Gasteiger partial charge in [-0.3, -0.25) is 9.69 Å². The highest BCUT2D eigenvalue weighted by Gasteiger charge is 2.25. The molecule has 1 aromatic heterocycles. The van der Waals surface area contributed by atoms with Gasteiger partial charge >= 0.3 is 0 Å². The van der Waals surface area contributed by atoms with E-state index in [-0.39, 0.29) is 17.2 Å². The van der Waals surface area contributed by atoms with E-state index in [1.165, 1.54) is 11.1 Å². The number of hydrogen-bond acceptors (Lipinski definition) is 3. The molecule has 1 amide bonds. The van der Waals surface area contributed by atoms with Crippen molar-refractivity contribution in [1.82, 2.24) is 9.88 Å². The average Bonchev–Trinajstić information content (AvgIpc) is 2.62. The van der Waals surface area contributed by atoms with Gasteiger partial charge in [0.25, 0.3) is 0 Å². The van der Waals surface area contributed by atoms with Crippen LogP contribution in [0.1, 0.15) is 50.3 Å². The van der Waals surface area contributed by atoms with Crippen LogP contribution in [-0.2, 0) is 16.8 Å². The Labute approximate surface area is 163 Å². The minimum absolute atomic E-state index is 0.0758. The Kier molecular flexibility index (Phi) is 5.95. The lowest BCUT2D eigenvalue weighted by molar-refractivity contribution is -0.121. The van der Waals surface area contributed by atoms with Gasteiger partial charge in [-0.15, -0.1) is 0 Å². The quantitative estimate of drug-likeness (QED) is 0.865. The number of hydrogen-bond donors (Lipinski definition) is 1. The number of likely N-dealkylation sites (tertiary alicyclic amines) is 1. The number of benzene rings is 1. The van der Waals surface area contributed by atoms with Crippen LogP contribution in [0.15, 0.2) is 42.6 Å². The van der Waals surface area contributed by atoms with Gasteiger partial charge in [0.05, 0.1) is 0 Å². The predicted molar refractivity (Wildman–Crippen MR) is 111 cm³/mol. The summed E-state index contributed by atoms with van der Waals surface area (Å²) < 4.78 is 0. The fourth-order valence-electron chi connectivity index (χ4n) is 3.55. The van der Waals surface area contributed by atoms with E-state index < -0.39 is 0 Å². The Morgan fingerprint density at radius 2 is 1.81 bits per heavy atom. The van der Waals surface area contributed by atoms with Gasteiger partial charge in [0, 0.05) is 18.7 Å².